The van der Waals surface area contributed by atoms with Gasteiger partial charge in [-0.3, -0.25) is 9.48 Å². The Morgan fingerprint density at radius 3 is 2.86 bits per heavy atom. The number of rotatable bonds is 7. The van der Waals surface area contributed by atoms with Crippen LogP contribution in [0.5, 0.6) is 11.5 Å². The number of aliphatic hydroxyl groups excluding tert-OH is 1. The van der Waals surface area contributed by atoms with Gasteiger partial charge >= 0.3 is 0 Å². The van der Waals surface area contributed by atoms with Gasteiger partial charge in [0.15, 0.2) is 17.3 Å². The van der Waals surface area contributed by atoms with Crippen LogP contribution in [0.25, 0.3) is 10.9 Å². The van der Waals surface area contributed by atoms with E-state index in [1.54, 1.807) is 6.07 Å². The van der Waals surface area contributed by atoms with Gasteiger partial charge in [-0.2, -0.15) is 5.10 Å². The molecule has 0 aliphatic carbocycles. The van der Waals surface area contributed by atoms with E-state index in [1.807, 2.05) is 17.9 Å². The first kappa shape index (κ1) is 24.0. The van der Waals surface area contributed by atoms with Crippen LogP contribution in [0.1, 0.15) is 24.5 Å². The average Bonchev–Trinajstić information content (AvgIpc) is 3.52. The Morgan fingerprint density at radius 2 is 2.05 bits per heavy atom. The number of carbonyl (C=O) groups excluding carboxylic acids is 1. The standard InChI is InChI=1S/C27H32FN5O4/c1-31-23-13-20(4-3-17(23)14-29-31)33-8-5-18(15-33)27(35)30-22(16-32-6-2-7-32)25(34)19-11-21(28)26-24(12-19)36-9-10-37-26/h3-4,11-14,18,22,25,34H,2,5-10,15-16H2,1H3,(H,30,35)/t18?,22-,25-/m1/s1. The molecule has 37 heavy (non-hydrogen) atoms. The molecule has 0 spiro atoms. The van der Waals surface area contributed by atoms with Crippen LogP contribution in [-0.2, 0) is 11.8 Å². The van der Waals surface area contributed by atoms with Crippen molar-refractivity contribution in [2.45, 2.75) is 25.0 Å². The lowest BCUT2D eigenvalue weighted by atomic mass is 9.98. The molecule has 3 aliphatic rings. The number of likely N-dealkylation sites (tertiary alicyclic amines) is 1. The fourth-order valence-corrected chi connectivity index (χ4v) is 5.44. The fraction of sp³-hybridized carbons (Fsp3) is 0.481. The number of nitrogens with zero attached hydrogens (tertiary/aromatic N) is 4. The van der Waals surface area contributed by atoms with E-state index in [-0.39, 0.29) is 29.9 Å². The lowest BCUT2D eigenvalue weighted by Gasteiger charge is -2.36. The molecule has 2 N–H and O–H groups in total. The molecule has 196 valence electrons. The molecular formula is C27H32FN5O4. The van der Waals surface area contributed by atoms with E-state index in [4.69, 9.17) is 9.47 Å². The summed E-state index contributed by atoms with van der Waals surface area (Å²) in [4.78, 5) is 17.8. The molecule has 3 aromatic rings. The van der Waals surface area contributed by atoms with Crippen LogP contribution >= 0.6 is 0 Å². The first-order valence-corrected chi connectivity index (χ1v) is 12.9. The number of fused-ring (bicyclic) bond motifs is 2. The normalized spacial score (nSPS) is 21.1. The number of carbonyl (C=O) groups is 1. The predicted octanol–water partition coefficient (Wildman–Crippen LogP) is 2.23. The largest absolute Gasteiger partial charge is 0.486 e. The molecule has 2 aromatic carbocycles. The van der Waals surface area contributed by atoms with E-state index >= 15 is 0 Å². The van der Waals surface area contributed by atoms with Crippen LogP contribution in [0.4, 0.5) is 10.1 Å². The second kappa shape index (κ2) is 9.83. The van der Waals surface area contributed by atoms with Crippen LogP contribution < -0.4 is 19.7 Å². The summed E-state index contributed by atoms with van der Waals surface area (Å²) in [5, 5.41) is 19.8. The lowest BCUT2D eigenvalue weighted by molar-refractivity contribution is -0.126. The third kappa shape index (κ3) is 4.71. The molecule has 0 bridgehead atoms. The van der Waals surface area contributed by atoms with Crippen LogP contribution in [0.15, 0.2) is 36.5 Å². The van der Waals surface area contributed by atoms with Gasteiger partial charge in [0.25, 0.3) is 0 Å². The van der Waals surface area contributed by atoms with Crippen molar-refractivity contribution in [1.29, 1.82) is 0 Å². The smallest absolute Gasteiger partial charge is 0.225 e. The van der Waals surface area contributed by atoms with Gasteiger partial charge in [-0.25, -0.2) is 4.39 Å². The molecule has 4 heterocycles. The van der Waals surface area contributed by atoms with Crippen molar-refractivity contribution >= 4 is 22.5 Å². The van der Waals surface area contributed by atoms with Crippen LogP contribution in [0.2, 0.25) is 0 Å². The highest BCUT2D eigenvalue weighted by molar-refractivity contribution is 5.84. The van der Waals surface area contributed by atoms with Gasteiger partial charge < -0.3 is 29.7 Å². The molecule has 1 aromatic heterocycles. The number of aryl methyl sites for hydroxylation is 1. The van der Waals surface area contributed by atoms with Crippen LogP contribution in [-0.4, -0.2) is 77.7 Å². The third-order valence-electron chi connectivity index (χ3n) is 7.73. The zero-order chi connectivity index (χ0) is 25.5. The Hall–Kier alpha value is -3.37. The molecule has 10 heteroatoms. The van der Waals surface area contributed by atoms with Gasteiger partial charge in [-0.05, 0) is 61.8 Å². The number of hydrogen-bond acceptors (Lipinski definition) is 7. The number of ether oxygens (including phenoxy) is 2. The molecule has 0 saturated carbocycles. The minimum absolute atomic E-state index is 0.0703. The minimum Gasteiger partial charge on any atom is -0.486 e. The molecule has 1 unspecified atom stereocenters. The van der Waals surface area contributed by atoms with E-state index in [1.165, 1.54) is 6.07 Å². The summed E-state index contributed by atoms with van der Waals surface area (Å²) in [7, 11) is 1.92. The molecular weight excluding hydrogens is 477 g/mol. The van der Waals surface area contributed by atoms with Gasteiger partial charge in [0, 0.05) is 37.8 Å². The quantitative estimate of drug-likeness (QED) is 0.505. The first-order valence-electron chi connectivity index (χ1n) is 12.9. The highest BCUT2D eigenvalue weighted by Crippen LogP contribution is 2.36. The molecule has 2 fully saturated rings. The van der Waals surface area contributed by atoms with Crippen molar-refractivity contribution in [3.05, 3.63) is 47.9 Å². The molecule has 3 aliphatic heterocycles. The molecule has 9 nitrogen and oxygen atoms in total. The number of anilines is 1. The number of hydrogen-bond donors (Lipinski definition) is 2. The summed E-state index contributed by atoms with van der Waals surface area (Å²) in [6.07, 6.45) is 2.57. The average molecular weight is 510 g/mol. The van der Waals surface area contributed by atoms with Gasteiger partial charge in [0.05, 0.1) is 23.7 Å². The summed E-state index contributed by atoms with van der Waals surface area (Å²) in [6, 6.07) is 8.54. The second-order valence-corrected chi connectivity index (χ2v) is 10.2. The number of aromatic nitrogens is 2. The van der Waals surface area contributed by atoms with Gasteiger partial charge in [0.2, 0.25) is 5.91 Å². The Kier molecular flexibility index (Phi) is 6.37. The predicted molar refractivity (Wildman–Crippen MR) is 136 cm³/mol. The van der Waals surface area contributed by atoms with E-state index in [2.05, 4.69) is 38.4 Å². The van der Waals surface area contributed by atoms with E-state index in [9.17, 15) is 14.3 Å². The van der Waals surface area contributed by atoms with Gasteiger partial charge in [0.1, 0.15) is 19.3 Å². The summed E-state index contributed by atoms with van der Waals surface area (Å²) in [5.41, 5.74) is 2.48. The molecule has 3 atom stereocenters. The fourth-order valence-electron chi connectivity index (χ4n) is 5.44. The van der Waals surface area contributed by atoms with E-state index < -0.39 is 18.0 Å². The minimum atomic E-state index is -1.08. The Morgan fingerprint density at radius 1 is 1.22 bits per heavy atom. The number of halogens is 1. The number of amides is 1. The summed E-state index contributed by atoms with van der Waals surface area (Å²) in [5.74, 6) is -0.513. The van der Waals surface area contributed by atoms with Crippen LogP contribution in [0, 0.1) is 11.7 Å². The molecule has 1 amide bonds. The topological polar surface area (TPSA) is 92.1 Å². The van der Waals surface area contributed by atoms with Crippen molar-refractivity contribution in [2.75, 3.05) is 50.8 Å². The maximum atomic E-state index is 14.7. The van der Waals surface area contributed by atoms with Crippen molar-refractivity contribution < 1.29 is 23.8 Å². The molecule has 0 radical (unpaired) electrons. The third-order valence-corrected chi connectivity index (χ3v) is 7.73. The van der Waals surface area contributed by atoms with Gasteiger partial charge in [-0.1, -0.05) is 0 Å². The summed E-state index contributed by atoms with van der Waals surface area (Å²) >= 11 is 0. The molecule has 2 saturated heterocycles. The maximum Gasteiger partial charge on any atom is 0.225 e. The first-order chi connectivity index (χ1) is 18.0. The Bertz CT molecular complexity index is 1310. The van der Waals surface area contributed by atoms with E-state index in [0.717, 1.165) is 49.1 Å². The van der Waals surface area contributed by atoms with Crippen molar-refractivity contribution in [2.24, 2.45) is 13.0 Å². The van der Waals surface area contributed by atoms with Crippen molar-refractivity contribution in [3.63, 3.8) is 0 Å². The van der Waals surface area contributed by atoms with Crippen molar-refractivity contribution in [3.8, 4) is 11.5 Å². The monoisotopic (exact) mass is 509 g/mol. The number of nitrogens with one attached hydrogen (secondary N) is 1. The lowest BCUT2D eigenvalue weighted by Crippen LogP contribution is -2.52. The van der Waals surface area contributed by atoms with Gasteiger partial charge in [-0.15, -0.1) is 0 Å². The SMILES string of the molecule is Cn1ncc2ccc(N3CCC(C(=O)N[C@H](CN4CCC4)[C@H](O)c4cc(F)c5c(c4)OCCO5)C3)cc21. The number of aliphatic hydroxyl groups is 1. The zero-order valence-corrected chi connectivity index (χ0v) is 20.9. The van der Waals surface area contributed by atoms with E-state index in [0.29, 0.717) is 25.3 Å². The Labute approximate surface area is 214 Å². The molecule has 6 rings (SSSR count). The second-order valence-electron chi connectivity index (χ2n) is 10.2. The Balaban J connectivity index is 1.16. The summed E-state index contributed by atoms with van der Waals surface area (Å²) in [6.45, 7) is 4.31. The maximum absolute atomic E-state index is 14.7. The van der Waals surface area contributed by atoms with Crippen LogP contribution in [0.3, 0.4) is 0 Å². The highest BCUT2D eigenvalue weighted by atomic mass is 19.1. The number of benzene rings is 2. The summed E-state index contributed by atoms with van der Waals surface area (Å²) < 4.78 is 27.5. The highest BCUT2D eigenvalue weighted by Gasteiger charge is 2.34. The zero-order valence-electron chi connectivity index (χ0n) is 20.9. The van der Waals surface area contributed by atoms with Crippen molar-refractivity contribution in [1.82, 2.24) is 20.0 Å².